The summed E-state index contributed by atoms with van der Waals surface area (Å²) < 4.78 is 12.1. The van der Waals surface area contributed by atoms with E-state index in [4.69, 9.17) is 21.1 Å². The number of aryl methyl sites for hydroxylation is 2. The van der Waals surface area contributed by atoms with Crippen molar-refractivity contribution in [3.63, 3.8) is 0 Å². The normalized spacial score (nSPS) is 23.0. The minimum Gasteiger partial charge on any atom is -0.490 e. The first-order chi connectivity index (χ1) is 19.3. The van der Waals surface area contributed by atoms with Crippen LogP contribution in [0.5, 0.6) is 5.75 Å². The van der Waals surface area contributed by atoms with Gasteiger partial charge in [-0.3, -0.25) is 10.1 Å². The first kappa shape index (κ1) is 29.4. The van der Waals surface area contributed by atoms with Crippen LogP contribution in [-0.4, -0.2) is 66.0 Å². The molecule has 3 heterocycles. The number of nitrogens with one attached hydrogen (secondary N) is 2. The van der Waals surface area contributed by atoms with Gasteiger partial charge in [0.15, 0.2) is 0 Å². The zero-order valence-electron chi connectivity index (χ0n) is 24.2. The predicted octanol–water partition coefficient (Wildman–Crippen LogP) is 4.83. The molecule has 1 atom stereocenters. The lowest BCUT2D eigenvalue weighted by Crippen LogP contribution is -2.50. The van der Waals surface area contributed by atoms with Gasteiger partial charge in [0.2, 0.25) is 0 Å². The number of pyridine rings is 1. The van der Waals surface area contributed by atoms with Crippen LogP contribution >= 0.6 is 11.6 Å². The molecule has 3 N–H and O–H groups in total. The van der Waals surface area contributed by atoms with Crippen LogP contribution in [0.4, 0.5) is 5.69 Å². The Bertz CT molecular complexity index is 1200. The Balaban J connectivity index is 1.37. The third-order valence-electron chi connectivity index (χ3n) is 8.88. The second-order valence-corrected chi connectivity index (χ2v) is 12.0. The van der Waals surface area contributed by atoms with Crippen molar-refractivity contribution in [3.8, 4) is 5.75 Å². The number of nitrogens with zero attached hydrogens (tertiary/aromatic N) is 2. The number of aromatic amines is 1. The van der Waals surface area contributed by atoms with E-state index in [1.807, 2.05) is 32.0 Å². The number of hydrogen-bond acceptors (Lipinski definition) is 7. The Kier molecular flexibility index (Phi) is 9.74. The number of rotatable bonds is 10. The fourth-order valence-electron chi connectivity index (χ4n) is 6.52. The minimum absolute atomic E-state index is 0.147. The summed E-state index contributed by atoms with van der Waals surface area (Å²) in [5.41, 5.74) is 3.59. The van der Waals surface area contributed by atoms with E-state index < -0.39 is 6.23 Å². The summed E-state index contributed by atoms with van der Waals surface area (Å²) in [5.74, 6) is 0.729. The van der Waals surface area contributed by atoms with Gasteiger partial charge in [-0.1, -0.05) is 18.0 Å². The van der Waals surface area contributed by atoms with Gasteiger partial charge in [0.05, 0.1) is 10.7 Å². The molecule has 0 bridgehead atoms. The fourth-order valence-corrected chi connectivity index (χ4v) is 6.84. The first-order valence-electron chi connectivity index (χ1n) is 15.0. The first-order valence-corrected chi connectivity index (χ1v) is 15.4. The van der Waals surface area contributed by atoms with Crippen LogP contribution < -0.4 is 20.5 Å². The van der Waals surface area contributed by atoms with Gasteiger partial charge in [-0.25, -0.2) is 0 Å². The summed E-state index contributed by atoms with van der Waals surface area (Å²) in [4.78, 5) is 20.3. The zero-order chi connectivity index (χ0) is 28.2. The molecule has 5 rings (SSSR count). The van der Waals surface area contributed by atoms with Crippen LogP contribution in [0.15, 0.2) is 23.0 Å². The molecule has 8 nitrogen and oxygen atoms in total. The van der Waals surface area contributed by atoms with Crippen molar-refractivity contribution < 1.29 is 14.6 Å². The smallest absolute Gasteiger partial charge is 0.252 e. The number of aromatic nitrogens is 1. The molecule has 1 aromatic heterocycles. The van der Waals surface area contributed by atoms with Crippen LogP contribution in [0.2, 0.25) is 5.02 Å². The maximum absolute atomic E-state index is 12.5. The van der Waals surface area contributed by atoms with Crippen molar-refractivity contribution >= 4 is 17.3 Å². The number of hydrogen-bond donors (Lipinski definition) is 3. The molecule has 9 heteroatoms. The molecular formula is C31H45ClN4O4. The van der Waals surface area contributed by atoms with Crippen LogP contribution in [0.25, 0.3) is 0 Å². The van der Waals surface area contributed by atoms with E-state index in [0.29, 0.717) is 28.2 Å². The van der Waals surface area contributed by atoms with Crippen LogP contribution in [0.1, 0.15) is 80.5 Å². The van der Waals surface area contributed by atoms with Crippen molar-refractivity contribution in [3.05, 3.63) is 56.0 Å². The van der Waals surface area contributed by atoms with Gasteiger partial charge in [-0.2, -0.15) is 0 Å². The van der Waals surface area contributed by atoms with Crippen molar-refractivity contribution in [1.29, 1.82) is 0 Å². The number of aliphatic hydroxyl groups is 1. The molecule has 3 fully saturated rings. The van der Waals surface area contributed by atoms with E-state index in [1.165, 1.54) is 32.4 Å². The number of H-pyrrole nitrogens is 1. The van der Waals surface area contributed by atoms with Crippen LogP contribution in [-0.2, 0) is 11.3 Å². The summed E-state index contributed by atoms with van der Waals surface area (Å²) in [6.45, 7) is 10.8. The number of ether oxygens (including phenoxy) is 2. The third-order valence-corrected chi connectivity index (χ3v) is 9.29. The van der Waals surface area contributed by atoms with Gasteiger partial charge in [0, 0.05) is 74.1 Å². The number of benzene rings is 1. The largest absolute Gasteiger partial charge is 0.490 e. The topological polar surface area (TPSA) is 90.1 Å². The van der Waals surface area contributed by atoms with Crippen LogP contribution in [0.3, 0.4) is 0 Å². The second-order valence-electron chi connectivity index (χ2n) is 11.7. The molecule has 0 amide bonds. The molecule has 0 spiro atoms. The number of halogens is 1. The molecule has 2 aliphatic heterocycles. The SMILES string of the molecule is CCN(c1cc(OC2CC(N3CCCCC3)C2)cc(C(O)NCc2c(C)cc(C)[nH]c2=O)c1Cl)C1CCOCC1. The highest BCUT2D eigenvalue weighted by Gasteiger charge is 2.36. The standard InChI is InChI=1S/C31H45ClN4O4/c1-4-36(22-8-12-39-13-9-22)28-18-25(40-24-15-23(16-24)35-10-6-5-7-11-35)17-26(29(28)32)30(37)33-19-27-20(2)14-21(3)34-31(27)38/h14,17-18,22-24,30,33,37H,4-13,15-16,19H2,1-3H3,(H,34,38). The summed E-state index contributed by atoms with van der Waals surface area (Å²) in [6.07, 6.45) is 6.95. The Morgan fingerprint density at radius 2 is 1.90 bits per heavy atom. The lowest BCUT2D eigenvalue weighted by molar-refractivity contribution is 0.00875. The molecule has 1 aliphatic carbocycles. The quantitative estimate of drug-likeness (QED) is 0.351. The molecule has 2 saturated heterocycles. The van der Waals surface area contributed by atoms with Gasteiger partial charge in [0.25, 0.3) is 5.56 Å². The molecular weight excluding hydrogens is 528 g/mol. The average molecular weight is 573 g/mol. The molecule has 220 valence electrons. The summed E-state index contributed by atoms with van der Waals surface area (Å²) in [7, 11) is 0. The van der Waals surface area contributed by atoms with Crippen molar-refractivity contribution in [2.75, 3.05) is 37.7 Å². The number of piperidine rings is 1. The van der Waals surface area contributed by atoms with Gasteiger partial charge in [-0.05, 0) is 77.2 Å². The molecule has 0 radical (unpaired) electrons. The van der Waals surface area contributed by atoms with E-state index in [0.717, 1.165) is 68.1 Å². The Morgan fingerprint density at radius 3 is 2.58 bits per heavy atom. The number of aliphatic hydroxyl groups excluding tert-OH is 1. The Labute approximate surface area is 243 Å². The number of anilines is 1. The van der Waals surface area contributed by atoms with E-state index in [9.17, 15) is 9.90 Å². The predicted molar refractivity (Wildman–Crippen MR) is 160 cm³/mol. The molecule has 2 aromatic rings. The van der Waals surface area contributed by atoms with Gasteiger partial charge >= 0.3 is 0 Å². The highest BCUT2D eigenvalue weighted by Crippen LogP contribution is 2.40. The van der Waals surface area contributed by atoms with Gasteiger partial charge < -0.3 is 29.4 Å². The molecule has 3 aliphatic rings. The fraction of sp³-hybridized carbons (Fsp3) is 0.645. The lowest BCUT2D eigenvalue weighted by Gasteiger charge is -2.44. The Hall–Kier alpha value is -2.10. The summed E-state index contributed by atoms with van der Waals surface area (Å²) >= 11 is 7.04. The van der Waals surface area contributed by atoms with E-state index in [-0.39, 0.29) is 18.2 Å². The summed E-state index contributed by atoms with van der Waals surface area (Å²) in [6, 6.07) is 6.76. The zero-order valence-corrected chi connectivity index (χ0v) is 24.9. The van der Waals surface area contributed by atoms with Gasteiger partial charge in [-0.15, -0.1) is 0 Å². The monoisotopic (exact) mass is 572 g/mol. The summed E-state index contributed by atoms with van der Waals surface area (Å²) in [5, 5.41) is 15.0. The average Bonchev–Trinajstić information content (AvgIpc) is 2.92. The van der Waals surface area contributed by atoms with Crippen molar-refractivity contribution in [2.24, 2.45) is 0 Å². The lowest BCUT2D eigenvalue weighted by atomic mass is 9.86. The Morgan fingerprint density at radius 1 is 1.18 bits per heavy atom. The molecule has 1 aromatic carbocycles. The highest BCUT2D eigenvalue weighted by molar-refractivity contribution is 6.34. The minimum atomic E-state index is -1.06. The molecule has 1 saturated carbocycles. The second kappa shape index (κ2) is 13.3. The molecule has 1 unspecified atom stereocenters. The maximum atomic E-state index is 12.5. The van der Waals surface area contributed by atoms with Gasteiger partial charge in [0.1, 0.15) is 18.1 Å². The third kappa shape index (κ3) is 6.68. The van der Waals surface area contributed by atoms with Crippen molar-refractivity contribution in [2.45, 2.75) is 96.7 Å². The van der Waals surface area contributed by atoms with E-state index >= 15 is 0 Å². The van der Waals surface area contributed by atoms with Crippen molar-refractivity contribution in [1.82, 2.24) is 15.2 Å². The van der Waals surface area contributed by atoms with E-state index in [1.54, 1.807) is 0 Å². The van der Waals surface area contributed by atoms with E-state index in [2.05, 4.69) is 27.0 Å². The maximum Gasteiger partial charge on any atom is 0.252 e. The molecule has 40 heavy (non-hydrogen) atoms. The van der Waals surface area contributed by atoms with Crippen LogP contribution in [0, 0.1) is 13.8 Å². The number of likely N-dealkylation sites (tertiary alicyclic amines) is 1. The highest BCUT2D eigenvalue weighted by atomic mass is 35.5.